The van der Waals surface area contributed by atoms with Crippen molar-refractivity contribution in [3.63, 3.8) is 0 Å². The molecule has 0 fully saturated rings. The quantitative estimate of drug-likeness (QED) is 0.171. The van der Waals surface area contributed by atoms with Gasteiger partial charge in [0.25, 0.3) is 0 Å². The van der Waals surface area contributed by atoms with Crippen molar-refractivity contribution in [3.05, 3.63) is 199 Å². The van der Waals surface area contributed by atoms with Crippen molar-refractivity contribution >= 4 is 22.7 Å². The Kier molecular flexibility index (Phi) is 6.49. The van der Waals surface area contributed by atoms with Gasteiger partial charge in [0, 0.05) is 0 Å². The van der Waals surface area contributed by atoms with Gasteiger partial charge in [0.05, 0.1) is 0 Å². The van der Waals surface area contributed by atoms with Crippen molar-refractivity contribution in [2.45, 2.75) is 5.16 Å². The van der Waals surface area contributed by atoms with Crippen LogP contribution < -0.4 is 15.9 Å². The zero-order chi connectivity index (χ0) is 26.6. The molecule has 1 N–H and O–H groups in total. The van der Waals surface area contributed by atoms with Crippen LogP contribution >= 0.6 is 6.83 Å². The van der Waals surface area contributed by atoms with Crippen LogP contribution in [0.4, 0.5) is 0 Å². The Morgan fingerprint density at radius 3 is 0.744 bits per heavy atom. The molecule has 2 heteroatoms. The van der Waals surface area contributed by atoms with Gasteiger partial charge < -0.3 is 0 Å². The molecule has 0 spiro atoms. The van der Waals surface area contributed by atoms with Gasteiger partial charge >= 0.3 is 231 Å². The van der Waals surface area contributed by atoms with Gasteiger partial charge in [-0.05, 0) is 0 Å². The van der Waals surface area contributed by atoms with Crippen molar-refractivity contribution in [1.82, 2.24) is 0 Å². The van der Waals surface area contributed by atoms with E-state index in [1.54, 1.807) is 0 Å². The Balaban J connectivity index is 1.99. The number of hydrogen-bond donors (Lipinski definition) is 1. The van der Waals surface area contributed by atoms with E-state index in [9.17, 15) is 4.89 Å². The molecule has 0 aliphatic rings. The molecule has 0 atom stereocenters. The summed E-state index contributed by atoms with van der Waals surface area (Å²) in [5.74, 6) is 0. The van der Waals surface area contributed by atoms with Gasteiger partial charge in [0.15, 0.2) is 0 Å². The molecule has 0 aliphatic carbocycles. The first-order chi connectivity index (χ1) is 19.2. The monoisotopic (exact) mass is 522 g/mol. The molecule has 0 saturated carbocycles. The summed E-state index contributed by atoms with van der Waals surface area (Å²) in [5.41, 5.74) is 3.12. The predicted octanol–water partition coefficient (Wildman–Crippen LogP) is 7.42. The number of rotatable bonds is 7. The summed E-state index contributed by atoms with van der Waals surface area (Å²) in [4.78, 5) is 14.8. The van der Waals surface area contributed by atoms with E-state index >= 15 is 0 Å². The summed E-state index contributed by atoms with van der Waals surface area (Å²) in [6.45, 7) is -4.47. The summed E-state index contributed by atoms with van der Waals surface area (Å²) in [6.07, 6.45) is 0. The van der Waals surface area contributed by atoms with E-state index in [1.807, 2.05) is 72.8 Å². The van der Waals surface area contributed by atoms with Gasteiger partial charge in [-0.3, -0.25) is 0 Å². The van der Waals surface area contributed by atoms with Crippen molar-refractivity contribution in [1.29, 1.82) is 0 Å². The predicted molar refractivity (Wildman–Crippen MR) is 167 cm³/mol. The first kappa shape index (κ1) is 25.0. The van der Waals surface area contributed by atoms with Crippen LogP contribution in [-0.2, 0) is 5.16 Å². The van der Waals surface area contributed by atoms with Crippen LogP contribution in [0.25, 0.3) is 0 Å². The zero-order valence-electron chi connectivity index (χ0n) is 21.7. The Hall–Kier alpha value is -4.29. The van der Waals surface area contributed by atoms with Crippen molar-refractivity contribution in [3.8, 4) is 0 Å². The first-order valence-electron chi connectivity index (χ1n) is 13.3. The number of hydrogen-bond acceptors (Lipinski definition) is 1. The molecule has 6 aromatic rings. The van der Waals surface area contributed by atoms with Crippen LogP contribution in [0.1, 0.15) is 16.7 Å². The third kappa shape index (κ3) is 3.55. The summed E-state index contributed by atoms with van der Waals surface area (Å²) in [5, 5.41) is 1.77. The van der Waals surface area contributed by atoms with E-state index in [-0.39, 0.29) is 0 Å². The van der Waals surface area contributed by atoms with Gasteiger partial charge in [-0.1, -0.05) is 0 Å². The fourth-order valence-corrected chi connectivity index (χ4v) is 12.7. The molecule has 0 amide bonds. The second-order valence-corrected chi connectivity index (χ2v) is 14.2. The molecule has 6 rings (SSSR count). The SMILES string of the molecule is OP(c1ccccc1)(c1ccccc1)(c1ccccc1)C(c1ccccc1)(c1ccccc1)c1ccccc1. The Morgan fingerprint density at radius 2 is 0.513 bits per heavy atom. The molecule has 0 unspecified atom stereocenters. The molecule has 1 nitrogen and oxygen atoms in total. The molecule has 0 aromatic heterocycles. The third-order valence-corrected chi connectivity index (χ3v) is 14.0. The number of benzene rings is 6. The van der Waals surface area contributed by atoms with Crippen LogP contribution in [0.2, 0.25) is 0 Å². The van der Waals surface area contributed by atoms with Gasteiger partial charge in [0.2, 0.25) is 0 Å². The maximum absolute atomic E-state index is 14.8. The average molecular weight is 523 g/mol. The third-order valence-electron chi connectivity index (χ3n) is 8.00. The van der Waals surface area contributed by atoms with E-state index in [4.69, 9.17) is 0 Å². The Morgan fingerprint density at radius 1 is 0.308 bits per heavy atom. The van der Waals surface area contributed by atoms with Crippen LogP contribution in [0.5, 0.6) is 0 Å². The summed E-state index contributed by atoms with van der Waals surface area (Å²) in [7, 11) is 0. The molecule has 6 aromatic carbocycles. The van der Waals surface area contributed by atoms with Gasteiger partial charge in [-0.25, -0.2) is 0 Å². The molecule has 0 heterocycles. The minimum atomic E-state index is -4.47. The van der Waals surface area contributed by atoms with Crippen LogP contribution in [0, 0.1) is 0 Å². The summed E-state index contributed by atoms with van der Waals surface area (Å²) >= 11 is 0. The van der Waals surface area contributed by atoms with Gasteiger partial charge in [-0.15, -0.1) is 0 Å². The standard InChI is InChI=1S/C37H31OP/c38-39(34-25-13-4-14-26-34,35-27-15-5-16-28-35,36-29-17-6-18-30-36)37(31-19-7-1-8-20-31,32-21-9-2-10-22-32)33-23-11-3-12-24-33/h1-30,38H. The molecule has 0 bridgehead atoms. The molecular weight excluding hydrogens is 491 g/mol. The maximum atomic E-state index is 14.8. The van der Waals surface area contributed by atoms with E-state index in [1.165, 1.54) is 0 Å². The van der Waals surface area contributed by atoms with Crippen LogP contribution in [-0.4, -0.2) is 4.89 Å². The molecule has 39 heavy (non-hydrogen) atoms. The fourth-order valence-electron chi connectivity index (χ4n) is 6.48. The minimum absolute atomic E-state index is 0.914. The first-order valence-corrected chi connectivity index (χ1v) is 15.5. The van der Waals surface area contributed by atoms with Crippen molar-refractivity contribution < 1.29 is 4.89 Å². The van der Waals surface area contributed by atoms with Crippen molar-refractivity contribution in [2.24, 2.45) is 0 Å². The topological polar surface area (TPSA) is 20.2 Å². The average Bonchev–Trinajstić information content (AvgIpc) is 3.04. The summed E-state index contributed by atoms with van der Waals surface area (Å²) in [6, 6.07) is 62.7. The molecule has 0 aliphatic heterocycles. The van der Waals surface area contributed by atoms with E-state index < -0.39 is 12.0 Å². The zero-order valence-corrected chi connectivity index (χ0v) is 22.6. The van der Waals surface area contributed by atoms with E-state index in [0.29, 0.717) is 0 Å². The second kappa shape index (κ2) is 10.1. The van der Waals surface area contributed by atoms with Gasteiger partial charge in [0.1, 0.15) is 0 Å². The second-order valence-electron chi connectivity index (χ2n) is 9.89. The van der Waals surface area contributed by atoms with E-state index in [0.717, 1.165) is 32.6 Å². The van der Waals surface area contributed by atoms with Crippen LogP contribution in [0.3, 0.4) is 0 Å². The van der Waals surface area contributed by atoms with E-state index in [2.05, 4.69) is 109 Å². The normalized spacial score (nSPS) is 12.8. The Labute approximate surface area is 231 Å². The fraction of sp³-hybridized carbons (Fsp3) is 0.0270. The molecule has 190 valence electrons. The van der Waals surface area contributed by atoms with Crippen LogP contribution in [0.15, 0.2) is 182 Å². The Bertz CT molecular complexity index is 1440. The van der Waals surface area contributed by atoms with Gasteiger partial charge in [-0.2, -0.15) is 0 Å². The molecule has 0 radical (unpaired) electrons. The molecule has 0 saturated heterocycles. The summed E-state index contributed by atoms with van der Waals surface area (Å²) < 4.78 is 0. The van der Waals surface area contributed by atoms with Crippen molar-refractivity contribution in [2.75, 3.05) is 0 Å². The molecular formula is C37H31OP.